The quantitative estimate of drug-likeness (QED) is 0.629. The highest BCUT2D eigenvalue weighted by Crippen LogP contribution is 2.24. The summed E-state index contributed by atoms with van der Waals surface area (Å²) in [7, 11) is 0. The third kappa shape index (κ3) is 6.47. The van der Waals surface area contributed by atoms with Crippen molar-refractivity contribution in [2.24, 2.45) is 5.92 Å². The predicted octanol–water partition coefficient (Wildman–Crippen LogP) is 5.57. The molecule has 0 bridgehead atoms. The van der Waals surface area contributed by atoms with E-state index >= 15 is 0 Å². The molecule has 1 aromatic carbocycles. The maximum atomic E-state index is 5.84. The van der Waals surface area contributed by atoms with Crippen LogP contribution in [0.2, 0.25) is 0 Å². The molecule has 0 aliphatic heterocycles. The molecule has 0 saturated heterocycles. The van der Waals surface area contributed by atoms with Gasteiger partial charge in [-0.15, -0.1) is 0 Å². The Balaban J connectivity index is 2.60. The van der Waals surface area contributed by atoms with Gasteiger partial charge in [0.25, 0.3) is 0 Å². The molecule has 0 aromatic heterocycles. The molecule has 1 rings (SSSR count). The van der Waals surface area contributed by atoms with Gasteiger partial charge in [0.2, 0.25) is 0 Å². The molecule has 106 valence electrons. The van der Waals surface area contributed by atoms with Crippen molar-refractivity contribution in [2.75, 3.05) is 0 Å². The highest BCUT2D eigenvalue weighted by molar-refractivity contribution is 5.29. The first-order chi connectivity index (χ1) is 8.78. The van der Waals surface area contributed by atoms with E-state index in [1.807, 2.05) is 0 Å². The van der Waals surface area contributed by atoms with Gasteiger partial charge in [-0.3, -0.25) is 0 Å². The lowest BCUT2D eigenvalue weighted by atomic mass is 9.97. The van der Waals surface area contributed by atoms with Gasteiger partial charge in [-0.05, 0) is 56.7 Å². The van der Waals surface area contributed by atoms with E-state index in [2.05, 4.69) is 78.0 Å². The van der Waals surface area contributed by atoms with E-state index in [0.717, 1.165) is 12.2 Å². The molecule has 1 aromatic rings. The number of hydrogen-bond donors (Lipinski definition) is 0. The zero-order valence-corrected chi connectivity index (χ0v) is 13.2. The number of ether oxygens (including phenoxy) is 1. The maximum Gasteiger partial charge on any atom is 0.120 e. The van der Waals surface area contributed by atoms with Crippen LogP contribution in [-0.4, -0.2) is 5.60 Å². The van der Waals surface area contributed by atoms with E-state index < -0.39 is 0 Å². The van der Waals surface area contributed by atoms with Crippen LogP contribution >= 0.6 is 0 Å². The van der Waals surface area contributed by atoms with Crippen LogP contribution in [-0.2, 0) is 0 Å². The van der Waals surface area contributed by atoms with E-state index in [-0.39, 0.29) is 5.60 Å². The third-order valence-electron chi connectivity index (χ3n) is 2.88. The van der Waals surface area contributed by atoms with Crippen LogP contribution in [0.4, 0.5) is 0 Å². The average Bonchev–Trinajstić information content (AvgIpc) is 2.27. The Hall–Kier alpha value is -1.24. The minimum absolute atomic E-state index is 0.132. The van der Waals surface area contributed by atoms with Crippen LogP contribution in [0.3, 0.4) is 0 Å². The zero-order chi connectivity index (χ0) is 14.5. The molecular formula is C18H28O. The molecule has 0 aliphatic rings. The van der Waals surface area contributed by atoms with Gasteiger partial charge in [-0.1, -0.05) is 45.1 Å². The molecule has 0 heterocycles. The molecule has 1 heteroatoms. The number of allylic oxidation sites excluding steroid dienone is 2. The molecule has 0 spiro atoms. The third-order valence-corrected chi connectivity index (χ3v) is 2.88. The maximum absolute atomic E-state index is 5.84. The van der Waals surface area contributed by atoms with Gasteiger partial charge in [0.15, 0.2) is 0 Å². The zero-order valence-electron chi connectivity index (χ0n) is 13.2. The van der Waals surface area contributed by atoms with Crippen molar-refractivity contribution in [3.8, 4) is 5.75 Å². The topological polar surface area (TPSA) is 9.23 Å². The Bertz CT molecular complexity index is 393. The fourth-order valence-corrected chi connectivity index (χ4v) is 1.91. The Kier molecular flexibility index (Phi) is 5.65. The lowest BCUT2D eigenvalue weighted by Gasteiger charge is -2.21. The van der Waals surface area contributed by atoms with Crippen LogP contribution in [0.15, 0.2) is 36.4 Å². The first-order valence-electron chi connectivity index (χ1n) is 7.23. The number of rotatable bonds is 5. The molecule has 19 heavy (non-hydrogen) atoms. The molecule has 0 amide bonds. The molecule has 1 atom stereocenters. The molecule has 0 unspecified atom stereocenters. The summed E-state index contributed by atoms with van der Waals surface area (Å²) < 4.78 is 5.84. The minimum atomic E-state index is -0.132. The smallest absolute Gasteiger partial charge is 0.120 e. The lowest BCUT2D eigenvalue weighted by Crippen LogP contribution is -2.22. The second-order valence-corrected chi connectivity index (χ2v) is 6.59. The Labute approximate surface area is 118 Å². The van der Waals surface area contributed by atoms with Crippen molar-refractivity contribution in [1.29, 1.82) is 0 Å². The summed E-state index contributed by atoms with van der Waals surface area (Å²) in [4.78, 5) is 0. The van der Waals surface area contributed by atoms with Gasteiger partial charge < -0.3 is 4.74 Å². The van der Waals surface area contributed by atoms with Crippen molar-refractivity contribution in [1.82, 2.24) is 0 Å². The molecule has 0 aliphatic carbocycles. The summed E-state index contributed by atoms with van der Waals surface area (Å²) >= 11 is 0. The summed E-state index contributed by atoms with van der Waals surface area (Å²) in [6, 6.07) is 8.50. The summed E-state index contributed by atoms with van der Waals surface area (Å²) in [6.45, 7) is 12.9. The van der Waals surface area contributed by atoms with Crippen LogP contribution in [0, 0.1) is 5.92 Å². The Morgan fingerprint density at radius 2 is 1.63 bits per heavy atom. The van der Waals surface area contributed by atoms with E-state index in [1.165, 1.54) is 5.56 Å². The SMILES string of the molecule is CC(C)/C=C/C[C@H](C)c1ccc(OC(C)(C)C)cc1. The van der Waals surface area contributed by atoms with Gasteiger partial charge in [-0.25, -0.2) is 0 Å². The van der Waals surface area contributed by atoms with Gasteiger partial charge in [0, 0.05) is 0 Å². The molecule has 0 radical (unpaired) electrons. The van der Waals surface area contributed by atoms with E-state index in [9.17, 15) is 0 Å². The highest BCUT2D eigenvalue weighted by Gasteiger charge is 2.12. The molecule has 1 nitrogen and oxygen atoms in total. The van der Waals surface area contributed by atoms with Crippen molar-refractivity contribution in [2.45, 2.75) is 59.5 Å². The fourth-order valence-electron chi connectivity index (χ4n) is 1.91. The normalized spacial score (nSPS) is 14.1. The van der Waals surface area contributed by atoms with E-state index in [4.69, 9.17) is 4.74 Å². The largest absolute Gasteiger partial charge is 0.488 e. The Morgan fingerprint density at radius 1 is 1.05 bits per heavy atom. The second-order valence-electron chi connectivity index (χ2n) is 6.59. The molecular weight excluding hydrogens is 232 g/mol. The van der Waals surface area contributed by atoms with Crippen molar-refractivity contribution in [3.05, 3.63) is 42.0 Å². The van der Waals surface area contributed by atoms with Gasteiger partial charge >= 0.3 is 0 Å². The van der Waals surface area contributed by atoms with Crippen molar-refractivity contribution >= 4 is 0 Å². The van der Waals surface area contributed by atoms with Crippen LogP contribution in [0.1, 0.15) is 59.4 Å². The monoisotopic (exact) mass is 260 g/mol. The standard InChI is InChI=1S/C18H28O/c1-14(2)8-7-9-15(3)16-10-12-17(13-11-16)19-18(4,5)6/h7-8,10-15H,9H2,1-6H3/b8-7+/t15-/m0/s1. The summed E-state index contributed by atoms with van der Waals surface area (Å²) in [6.07, 6.45) is 5.65. The number of hydrogen-bond acceptors (Lipinski definition) is 1. The van der Waals surface area contributed by atoms with Crippen LogP contribution < -0.4 is 4.74 Å². The molecule has 0 N–H and O–H groups in total. The average molecular weight is 260 g/mol. The van der Waals surface area contributed by atoms with E-state index in [1.54, 1.807) is 0 Å². The van der Waals surface area contributed by atoms with Crippen LogP contribution in [0.5, 0.6) is 5.75 Å². The summed E-state index contributed by atoms with van der Waals surface area (Å²) in [5.74, 6) is 2.13. The minimum Gasteiger partial charge on any atom is -0.488 e. The van der Waals surface area contributed by atoms with Crippen molar-refractivity contribution < 1.29 is 4.74 Å². The second kappa shape index (κ2) is 6.79. The van der Waals surface area contributed by atoms with Gasteiger partial charge in [0.05, 0.1) is 0 Å². The summed E-state index contributed by atoms with van der Waals surface area (Å²) in [5, 5.41) is 0. The lowest BCUT2D eigenvalue weighted by molar-refractivity contribution is 0.131. The van der Waals surface area contributed by atoms with Gasteiger partial charge in [0.1, 0.15) is 11.4 Å². The van der Waals surface area contributed by atoms with Gasteiger partial charge in [-0.2, -0.15) is 0 Å². The summed E-state index contributed by atoms with van der Waals surface area (Å²) in [5.41, 5.74) is 1.24. The van der Waals surface area contributed by atoms with Crippen LogP contribution in [0.25, 0.3) is 0 Å². The first kappa shape index (κ1) is 15.8. The van der Waals surface area contributed by atoms with E-state index in [0.29, 0.717) is 11.8 Å². The predicted molar refractivity (Wildman–Crippen MR) is 83.8 cm³/mol. The number of benzene rings is 1. The highest BCUT2D eigenvalue weighted by atomic mass is 16.5. The molecule has 0 saturated carbocycles. The molecule has 0 fully saturated rings. The first-order valence-corrected chi connectivity index (χ1v) is 7.23. The Morgan fingerprint density at radius 3 is 2.11 bits per heavy atom. The fraction of sp³-hybridized carbons (Fsp3) is 0.556. The van der Waals surface area contributed by atoms with Crippen molar-refractivity contribution in [3.63, 3.8) is 0 Å².